The lowest BCUT2D eigenvalue weighted by Crippen LogP contribution is -2.18. The van der Waals surface area contributed by atoms with Crippen LogP contribution in [0.1, 0.15) is 17.9 Å². The summed E-state index contributed by atoms with van der Waals surface area (Å²) >= 11 is 0. The molecule has 0 radical (unpaired) electrons. The van der Waals surface area contributed by atoms with Crippen LogP contribution >= 0.6 is 0 Å². The Hall–Kier alpha value is -1.62. The summed E-state index contributed by atoms with van der Waals surface area (Å²) in [7, 11) is 2.69. The number of nitrogens with two attached hydrogens (primary N) is 1. The number of ether oxygens (including phenoxy) is 2. The minimum absolute atomic E-state index is 0.104. The molecule has 0 aliphatic carbocycles. The fraction of sp³-hybridized carbons (Fsp3) is 0.417. The number of halogens is 1. The van der Waals surface area contributed by atoms with E-state index in [-0.39, 0.29) is 30.6 Å². The number of benzene rings is 1. The van der Waals surface area contributed by atoms with Gasteiger partial charge in [0.1, 0.15) is 0 Å². The average molecular weight is 241 g/mol. The Labute approximate surface area is 99.5 Å². The number of carbonyl (C=O) groups is 1. The van der Waals surface area contributed by atoms with Crippen LogP contribution < -0.4 is 10.5 Å². The van der Waals surface area contributed by atoms with Crippen molar-refractivity contribution in [2.24, 2.45) is 5.73 Å². The van der Waals surface area contributed by atoms with Crippen molar-refractivity contribution in [1.29, 1.82) is 0 Å². The highest BCUT2D eigenvalue weighted by Gasteiger charge is 2.20. The molecule has 4 nitrogen and oxygen atoms in total. The first-order valence-corrected chi connectivity index (χ1v) is 5.23. The number of hydrogen-bond donors (Lipinski definition) is 1. The Bertz CT molecular complexity index is 395. The Kier molecular flexibility index (Phi) is 4.90. The Morgan fingerprint density at radius 1 is 1.47 bits per heavy atom. The van der Waals surface area contributed by atoms with Gasteiger partial charge in [0.05, 0.1) is 20.6 Å². The summed E-state index contributed by atoms with van der Waals surface area (Å²) in [5, 5.41) is 0. The molecule has 0 heterocycles. The Morgan fingerprint density at radius 2 is 2.18 bits per heavy atom. The van der Waals surface area contributed by atoms with Crippen molar-refractivity contribution in [1.82, 2.24) is 0 Å². The van der Waals surface area contributed by atoms with Gasteiger partial charge in [-0.3, -0.25) is 4.79 Å². The van der Waals surface area contributed by atoms with Gasteiger partial charge in [0.15, 0.2) is 11.6 Å². The quantitative estimate of drug-likeness (QED) is 0.792. The molecule has 2 N–H and O–H groups in total. The van der Waals surface area contributed by atoms with E-state index in [4.69, 9.17) is 10.5 Å². The van der Waals surface area contributed by atoms with Gasteiger partial charge in [-0.2, -0.15) is 0 Å². The van der Waals surface area contributed by atoms with Crippen LogP contribution in [0.4, 0.5) is 4.39 Å². The van der Waals surface area contributed by atoms with E-state index in [1.54, 1.807) is 12.1 Å². The van der Waals surface area contributed by atoms with Gasteiger partial charge in [0.25, 0.3) is 0 Å². The predicted octanol–water partition coefficient (Wildman–Crippen LogP) is 1.44. The van der Waals surface area contributed by atoms with Crippen LogP contribution in [0.15, 0.2) is 18.2 Å². The van der Waals surface area contributed by atoms with Crippen LogP contribution in [-0.4, -0.2) is 26.7 Å². The zero-order valence-electron chi connectivity index (χ0n) is 9.90. The van der Waals surface area contributed by atoms with Gasteiger partial charge >= 0.3 is 5.97 Å². The van der Waals surface area contributed by atoms with Gasteiger partial charge < -0.3 is 15.2 Å². The first-order valence-electron chi connectivity index (χ1n) is 5.23. The highest BCUT2D eigenvalue weighted by Crippen LogP contribution is 2.30. The SMILES string of the molecule is COC(=O)CC(CN)c1cccc(F)c1OC. The van der Waals surface area contributed by atoms with Crippen molar-refractivity contribution in [2.75, 3.05) is 20.8 Å². The monoisotopic (exact) mass is 241 g/mol. The maximum Gasteiger partial charge on any atom is 0.306 e. The molecule has 1 aromatic rings. The van der Waals surface area contributed by atoms with Crippen LogP contribution in [0.2, 0.25) is 0 Å². The molecule has 0 aliphatic rings. The molecule has 0 saturated carbocycles. The third-order valence-corrected chi connectivity index (χ3v) is 2.57. The number of rotatable bonds is 5. The topological polar surface area (TPSA) is 61.5 Å². The smallest absolute Gasteiger partial charge is 0.306 e. The zero-order valence-corrected chi connectivity index (χ0v) is 9.90. The zero-order chi connectivity index (χ0) is 12.8. The molecule has 5 heteroatoms. The molecule has 0 fully saturated rings. The predicted molar refractivity (Wildman–Crippen MR) is 61.4 cm³/mol. The maximum atomic E-state index is 13.5. The first kappa shape index (κ1) is 13.4. The summed E-state index contributed by atoms with van der Waals surface area (Å²) < 4.78 is 23.1. The second kappa shape index (κ2) is 6.20. The maximum absolute atomic E-state index is 13.5. The van der Waals surface area contributed by atoms with Crippen molar-refractivity contribution in [3.63, 3.8) is 0 Å². The lowest BCUT2D eigenvalue weighted by Gasteiger charge is -2.17. The molecule has 0 saturated heterocycles. The standard InChI is InChI=1S/C12H16FNO3/c1-16-11(15)6-8(7-14)9-4-3-5-10(13)12(9)17-2/h3-5,8H,6-7,14H2,1-2H3. The molecule has 1 rings (SSSR count). The molecule has 0 amide bonds. The van der Waals surface area contributed by atoms with Crippen LogP contribution in [0.3, 0.4) is 0 Å². The highest BCUT2D eigenvalue weighted by atomic mass is 19.1. The molecule has 17 heavy (non-hydrogen) atoms. The molecule has 0 bridgehead atoms. The molecule has 1 atom stereocenters. The van der Waals surface area contributed by atoms with Crippen molar-refractivity contribution in [2.45, 2.75) is 12.3 Å². The second-order valence-corrected chi connectivity index (χ2v) is 3.58. The molecular weight excluding hydrogens is 225 g/mol. The minimum atomic E-state index is -0.465. The van der Waals surface area contributed by atoms with E-state index >= 15 is 0 Å². The largest absolute Gasteiger partial charge is 0.493 e. The van der Waals surface area contributed by atoms with Crippen molar-refractivity contribution < 1.29 is 18.7 Å². The number of para-hydroxylation sites is 1. The van der Waals surface area contributed by atoms with E-state index in [0.29, 0.717) is 5.56 Å². The third kappa shape index (κ3) is 3.17. The number of carbonyl (C=O) groups excluding carboxylic acids is 1. The first-order chi connectivity index (χ1) is 8.13. The third-order valence-electron chi connectivity index (χ3n) is 2.57. The normalized spacial score (nSPS) is 12.0. The molecule has 1 unspecified atom stereocenters. The van der Waals surface area contributed by atoms with Crippen LogP contribution in [0.25, 0.3) is 0 Å². The van der Waals surface area contributed by atoms with Gasteiger partial charge in [0.2, 0.25) is 0 Å². The Morgan fingerprint density at radius 3 is 2.71 bits per heavy atom. The molecule has 0 aromatic heterocycles. The van der Waals surface area contributed by atoms with Gasteiger partial charge in [-0.15, -0.1) is 0 Å². The van der Waals surface area contributed by atoms with E-state index in [1.165, 1.54) is 20.3 Å². The van der Waals surface area contributed by atoms with Gasteiger partial charge in [0, 0.05) is 11.5 Å². The van der Waals surface area contributed by atoms with E-state index in [9.17, 15) is 9.18 Å². The molecule has 0 aliphatic heterocycles. The fourth-order valence-corrected chi connectivity index (χ4v) is 1.67. The number of esters is 1. The van der Waals surface area contributed by atoms with Crippen LogP contribution in [0.5, 0.6) is 5.75 Å². The molecule has 94 valence electrons. The minimum Gasteiger partial charge on any atom is -0.493 e. The van der Waals surface area contributed by atoms with Crippen molar-refractivity contribution in [3.8, 4) is 5.75 Å². The second-order valence-electron chi connectivity index (χ2n) is 3.58. The van der Waals surface area contributed by atoms with Crippen molar-refractivity contribution in [3.05, 3.63) is 29.6 Å². The highest BCUT2D eigenvalue weighted by molar-refractivity contribution is 5.70. The lowest BCUT2D eigenvalue weighted by molar-refractivity contribution is -0.141. The lowest BCUT2D eigenvalue weighted by atomic mass is 9.95. The molecule has 0 spiro atoms. The van der Waals surface area contributed by atoms with Gasteiger partial charge in [-0.25, -0.2) is 4.39 Å². The Balaban J connectivity index is 3.03. The van der Waals surface area contributed by atoms with Crippen LogP contribution in [-0.2, 0) is 9.53 Å². The summed E-state index contributed by atoms with van der Waals surface area (Å²) in [5.74, 6) is -1.03. The van der Waals surface area contributed by atoms with E-state index in [0.717, 1.165) is 0 Å². The summed E-state index contributed by atoms with van der Waals surface area (Å²) in [6, 6.07) is 4.56. The number of hydrogen-bond acceptors (Lipinski definition) is 4. The van der Waals surface area contributed by atoms with Crippen LogP contribution in [0, 0.1) is 5.82 Å². The average Bonchev–Trinajstić information content (AvgIpc) is 2.35. The number of methoxy groups -OCH3 is 2. The van der Waals surface area contributed by atoms with Crippen molar-refractivity contribution >= 4 is 5.97 Å². The summed E-state index contributed by atoms with van der Waals surface area (Å²) in [5.41, 5.74) is 6.18. The van der Waals surface area contributed by atoms with Gasteiger partial charge in [-0.1, -0.05) is 12.1 Å². The molecular formula is C12H16FNO3. The van der Waals surface area contributed by atoms with Gasteiger partial charge in [-0.05, 0) is 12.6 Å². The summed E-state index contributed by atoms with van der Waals surface area (Å²) in [6.45, 7) is 0.217. The van der Waals surface area contributed by atoms with E-state index in [1.807, 2.05) is 0 Å². The van der Waals surface area contributed by atoms with E-state index in [2.05, 4.69) is 4.74 Å². The fourth-order valence-electron chi connectivity index (χ4n) is 1.67. The molecule has 1 aromatic carbocycles. The summed E-state index contributed by atoms with van der Waals surface area (Å²) in [6.07, 6.45) is 0.104. The van der Waals surface area contributed by atoms with E-state index < -0.39 is 5.82 Å². The summed E-state index contributed by atoms with van der Waals surface area (Å²) in [4.78, 5) is 11.2.